The fraction of sp³-hybridized carbons (Fsp3) is 0.276. The van der Waals surface area contributed by atoms with Gasteiger partial charge in [0.15, 0.2) is 0 Å². The quantitative estimate of drug-likeness (QED) is 0.329. The fourth-order valence-electron chi connectivity index (χ4n) is 4.05. The third-order valence-electron chi connectivity index (χ3n) is 5.70. The minimum absolute atomic E-state index is 0.220. The number of rotatable bonds is 9. The molecular weight excluding hydrogens is 440 g/mol. The molecule has 35 heavy (non-hydrogen) atoms. The summed E-state index contributed by atoms with van der Waals surface area (Å²) >= 11 is 0. The van der Waals surface area contributed by atoms with E-state index in [9.17, 15) is 4.79 Å². The molecule has 1 saturated heterocycles. The molecule has 0 aliphatic carbocycles. The van der Waals surface area contributed by atoms with Crippen molar-refractivity contribution in [2.75, 3.05) is 49.7 Å². The van der Waals surface area contributed by atoms with Crippen LogP contribution in [-0.4, -0.2) is 45.4 Å². The molecule has 3 aromatic carbocycles. The molecule has 182 valence electrons. The molecule has 6 heteroatoms. The van der Waals surface area contributed by atoms with Gasteiger partial charge in [-0.05, 0) is 31.1 Å². The summed E-state index contributed by atoms with van der Waals surface area (Å²) in [6.07, 6.45) is 1.90. The highest BCUT2D eigenvalue weighted by Crippen LogP contribution is 2.39. The minimum Gasteiger partial charge on any atom is -0.492 e. The lowest BCUT2D eigenvalue weighted by Crippen LogP contribution is -2.36. The molecule has 1 amide bonds. The van der Waals surface area contributed by atoms with Crippen molar-refractivity contribution in [3.05, 3.63) is 83.9 Å². The molecule has 0 atom stereocenters. The maximum absolute atomic E-state index is 13.6. The maximum Gasteiger partial charge on any atom is 0.256 e. The third-order valence-corrected chi connectivity index (χ3v) is 5.70. The number of nitrogens with one attached hydrogen (secondary N) is 1. The van der Waals surface area contributed by atoms with Gasteiger partial charge in [0, 0.05) is 30.8 Å². The van der Waals surface area contributed by atoms with E-state index < -0.39 is 0 Å². The third kappa shape index (κ3) is 6.22. The van der Waals surface area contributed by atoms with E-state index in [1.807, 2.05) is 92.7 Å². The summed E-state index contributed by atoms with van der Waals surface area (Å²) in [5.41, 5.74) is 3.87. The molecule has 0 aromatic heterocycles. The van der Waals surface area contributed by atoms with Crippen LogP contribution in [-0.2, 0) is 9.53 Å². The number of nitrogens with zero attached hydrogens (tertiary/aromatic N) is 1. The first-order chi connectivity index (χ1) is 17.2. The number of carbonyl (C=O) groups excluding carboxylic acids is 1. The highest BCUT2D eigenvalue weighted by molar-refractivity contribution is 6.29. The van der Waals surface area contributed by atoms with E-state index in [2.05, 4.69) is 10.2 Å². The largest absolute Gasteiger partial charge is 0.492 e. The monoisotopic (exact) mass is 472 g/mol. The van der Waals surface area contributed by atoms with Crippen molar-refractivity contribution in [1.82, 2.24) is 0 Å². The second kappa shape index (κ2) is 12.1. The molecule has 1 N–H and O–H groups in total. The molecular formula is C29H32N2O4. The zero-order chi connectivity index (χ0) is 24.5. The topological polar surface area (TPSA) is 60.0 Å². The number of hydrogen-bond donors (Lipinski definition) is 1. The van der Waals surface area contributed by atoms with Gasteiger partial charge in [0.25, 0.3) is 5.91 Å². The lowest BCUT2D eigenvalue weighted by atomic mass is 10.0. The van der Waals surface area contributed by atoms with Gasteiger partial charge in [0.1, 0.15) is 11.5 Å². The van der Waals surface area contributed by atoms with Crippen molar-refractivity contribution in [3.63, 3.8) is 0 Å². The SMILES string of the molecule is CCOc1cc(N2CCOCC2)c(OCC)cc1NC(=O)/C(=C/c1ccccc1)c1ccccc1. The molecule has 3 aromatic rings. The first kappa shape index (κ1) is 24.4. The van der Waals surface area contributed by atoms with Gasteiger partial charge in [-0.1, -0.05) is 60.7 Å². The summed E-state index contributed by atoms with van der Waals surface area (Å²) in [6, 6.07) is 23.3. The summed E-state index contributed by atoms with van der Waals surface area (Å²) < 4.78 is 17.5. The van der Waals surface area contributed by atoms with Gasteiger partial charge in [-0.15, -0.1) is 0 Å². The Hall–Kier alpha value is -3.77. The molecule has 1 aliphatic rings. The van der Waals surface area contributed by atoms with E-state index in [1.165, 1.54) is 0 Å². The zero-order valence-corrected chi connectivity index (χ0v) is 20.3. The Morgan fingerprint density at radius 3 is 2.20 bits per heavy atom. The predicted molar refractivity (Wildman–Crippen MR) is 141 cm³/mol. The second-order valence-electron chi connectivity index (χ2n) is 8.07. The van der Waals surface area contributed by atoms with Gasteiger partial charge in [0.05, 0.1) is 37.8 Å². The normalized spacial score (nSPS) is 13.9. The van der Waals surface area contributed by atoms with Crippen LogP contribution >= 0.6 is 0 Å². The van der Waals surface area contributed by atoms with Crippen LogP contribution < -0.4 is 19.7 Å². The Balaban J connectivity index is 1.71. The molecule has 0 bridgehead atoms. The van der Waals surface area contributed by atoms with Crippen LogP contribution in [0.25, 0.3) is 11.6 Å². The first-order valence-corrected chi connectivity index (χ1v) is 12.1. The van der Waals surface area contributed by atoms with Gasteiger partial charge in [-0.3, -0.25) is 4.79 Å². The molecule has 1 heterocycles. The van der Waals surface area contributed by atoms with Crippen LogP contribution in [0.5, 0.6) is 11.5 Å². The van der Waals surface area contributed by atoms with E-state index >= 15 is 0 Å². The fourth-order valence-corrected chi connectivity index (χ4v) is 4.05. The summed E-state index contributed by atoms with van der Waals surface area (Å²) in [4.78, 5) is 15.9. The van der Waals surface area contributed by atoms with Crippen molar-refractivity contribution < 1.29 is 19.0 Å². The standard InChI is InChI=1S/C29H32N2O4/c1-3-34-27-21-26(31-15-17-33-18-16-31)28(35-4-2)20-25(27)30-29(32)24(23-13-9-6-10-14-23)19-22-11-7-5-8-12-22/h5-14,19-21H,3-4,15-18H2,1-2H3,(H,30,32)/b24-19+. The second-order valence-corrected chi connectivity index (χ2v) is 8.07. The van der Waals surface area contributed by atoms with Gasteiger partial charge < -0.3 is 24.4 Å². The summed E-state index contributed by atoms with van der Waals surface area (Å²) in [6.45, 7) is 7.75. The number of benzene rings is 3. The average molecular weight is 473 g/mol. The maximum atomic E-state index is 13.6. The Morgan fingerprint density at radius 1 is 0.914 bits per heavy atom. The Kier molecular flexibility index (Phi) is 8.41. The summed E-state index contributed by atoms with van der Waals surface area (Å²) in [5, 5.41) is 3.09. The highest BCUT2D eigenvalue weighted by atomic mass is 16.5. The number of anilines is 2. The average Bonchev–Trinajstić information content (AvgIpc) is 2.90. The number of hydrogen-bond acceptors (Lipinski definition) is 5. The molecule has 0 unspecified atom stereocenters. The minimum atomic E-state index is -0.220. The lowest BCUT2D eigenvalue weighted by Gasteiger charge is -2.31. The van der Waals surface area contributed by atoms with E-state index in [1.54, 1.807) is 0 Å². The molecule has 0 radical (unpaired) electrons. The van der Waals surface area contributed by atoms with Crippen molar-refractivity contribution in [2.24, 2.45) is 0 Å². The Morgan fingerprint density at radius 2 is 1.54 bits per heavy atom. The van der Waals surface area contributed by atoms with Crippen molar-refractivity contribution >= 4 is 28.9 Å². The van der Waals surface area contributed by atoms with Crippen LogP contribution in [0.1, 0.15) is 25.0 Å². The van der Waals surface area contributed by atoms with Gasteiger partial charge in [0.2, 0.25) is 0 Å². The van der Waals surface area contributed by atoms with E-state index in [-0.39, 0.29) is 5.91 Å². The van der Waals surface area contributed by atoms with Crippen LogP contribution in [0.4, 0.5) is 11.4 Å². The Bertz CT molecular complexity index is 1140. The van der Waals surface area contributed by atoms with Crippen LogP contribution in [0, 0.1) is 0 Å². The number of amides is 1. The predicted octanol–water partition coefficient (Wildman–Crippen LogP) is 5.50. The number of ether oxygens (including phenoxy) is 3. The van der Waals surface area contributed by atoms with Crippen molar-refractivity contribution in [3.8, 4) is 11.5 Å². The summed E-state index contributed by atoms with van der Waals surface area (Å²) in [5.74, 6) is 1.10. The smallest absolute Gasteiger partial charge is 0.256 e. The summed E-state index contributed by atoms with van der Waals surface area (Å²) in [7, 11) is 0. The first-order valence-electron chi connectivity index (χ1n) is 12.1. The molecule has 4 rings (SSSR count). The van der Waals surface area contributed by atoms with E-state index in [4.69, 9.17) is 14.2 Å². The van der Waals surface area contributed by atoms with E-state index in [0.29, 0.717) is 49.2 Å². The van der Waals surface area contributed by atoms with Gasteiger partial charge in [-0.2, -0.15) is 0 Å². The Labute approximate surface area is 207 Å². The molecule has 0 saturated carbocycles. The van der Waals surface area contributed by atoms with Crippen LogP contribution in [0.15, 0.2) is 72.8 Å². The number of morpholine rings is 1. The molecule has 6 nitrogen and oxygen atoms in total. The zero-order valence-electron chi connectivity index (χ0n) is 20.3. The highest BCUT2D eigenvalue weighted by Gasteiger charge is 2.21. The number of carbonyl (C=O) groups is 1. The molecule has 0 spiro atoms. The molecule has 1 aliphatic heterocycles. The van der Waals surface area contributed by atoms with Gasteiger partial charge in [-0.25, -0.2) is 0 Å². The van der Waals surface area contributed by atoms with Crippen LogP contribution in [0.3, 0.4) is 0 Å². The van der Waals surface area contributed by atoms with E-state index in [0.717, 1.165) is 29.9 Å². The lowest BCUT2D eigenvalue weighted by molar-refractivity contribution is -0.111. The van der Waals surface area contributed by atoms with Crippen LogP contribution in [0.2, 0.25) is 0 Å². The molecule has 1 fully saturated rings. The van der Waals surface area contributed by atoms with Crippen molar-refractivity contribution in [1.29, 1.82) is 0 Å². The van der Waals surface area contributed by atoms with Crippen molar-refractivity contribution in [2.45, 2.75) is 13.8 Å². The van der Waals surface area contributed by atoms with Gasteiger partial charge >= 0.3 is 0 Å².